The molecule has 2 N–H and O–H groups in total. The van der Waals surface area contributed by atoms with Crippen LogP contribution in [0.1, 0.15) is 52.2 Å². The minimum Gasteiger partial charge on any atom is -0.376 e. The summed E-state index contributed by atoms with van der Waals surface area (Å²) in [6.45, 7) is 3.13. The Hall–Kier alpha value is -3.01. The van der Waals surface area contributed by atoms with Crippen molar-refractivity contribution in [1.82, 2.24) is 10.2 Å². The van der Waals surface area contributed by atoms with E-state index in [4.69, 9.17) is 27.9 Å². The maximum atomic E-state index is 12.7. The van der Waals surface area contributed by atoms with Crippen LogP contribution in [-0.2, 0) is 4.74 Å². The third kappa shape index (κ3) is 6.59. The lowest BCUT2D eigenvalue weighted by atomic mass is 9.93. The summed E-state index contributed by atoms with van der Waals surface area (Å²) in [5.41, 5.74) is 3.32. The van der Waals surface area contributed by atoms with Gasteiger partial charge < -0.3 is 20.1 Å². The normalized spacial score (nSPS) is 21.6. The fraction of sp³-hybridized carbons (Fsp3) is 0.345. The maximum Gasteiger partial charge on any atom is 0.256 e. The average Bonchev–Trinajstić information content (AvgIpc) is 3.48. The Morgan fingerprint density at radius 2 is 1.67 bits per heavy atom. The van der Waals surface area contributed by atoms with E-state index in [-0.39, 0.29) is 41.4 Å². The highest BCUT2D eigenvalue weighted by atomic mass is 35.5. The van der Waals surface area contributed by atoms with Crippen LogP contribution in [0.4, 0.5) is 0 Å². The van der Waals surface area contributed by atoms with Crippen LogP contribution in [0.2, 0.25) is 10.0 Å². The minimum absolute atomic E-state index is 0.0777. The average molecular weight is 572 g/mol. The Labute approximate surface area is 237 Å². The molecule has 2 aliphatic rings. The van der Waals surface area contributed by atoms with Crippen molar-refractivity contribution in [1.29, 1.82) is 0 Å². The summed E-state index contributed by atoms with van der Waals surface area (Å²) in [6.07, 6.45) is -1.15. The third-order valence-corrected chi connectivity index (χ3v) is 7.72. The van der Waals surface area contributed by atoms with Gasteiger partial charge in [-0.1, -0.05) is 72.6 Å². The van der Waals surface area contributed by atoms with Gasteiger partial charge in [0.1, 0.15) is 0 Å². The van der Waals surface area contributed by atoms with Gasteiger partial charge in [-0.25, -0.2) is 0 Å². The number of amides is 1. The second-order valence-corrected chi connectivity index (χ2v) is 10.6. The predicted molar refractivity (Wildman–Crippen MR) is 151 cm³/mol. The molecule has 1 amide bonds. The lowest BCUT2D eigenvalue weighted by Crippen LogP contribution is -2.42. The molecular formula is C29H31Cl2N3O5. The first-order chi connectivity index (χ1) is 18.7. The van der Waals surface area contributed by atoms with Gasteiger partial charge in [0.15, 0.2) is 6.23 Å². The van der Waals surface area contributed by atoms with Crippen molar-refractivity contribution in [2.75, 3.05) is 26.7 Å². The van der Waals surface area contributed by atoms with Crippen molar-refractivity contribution in [3.05, 3.63) is 115 Å². The van der Waals surface area contributed by atoms with Gasteiger partial charge in [0.25, 0.3) is 5.91 Å². The molecule has 0 spiro atoms. The van der Waals surface area contributed by atoms with E-state index < -0.39 is 6.23 Å². The molecule has 8 nitrogen and oxygen atoms in total. The number of aliphatic hydroxyl groups excluding tert-OH is 1. The summed E-state index contributed by atoms with van der Waals surface area (Å²) in [6, 6.07) is 22.1. The molecule has 1 unspecified atom stereocenters. The molecule has 1 saturated heterocycles. The van der Waals surface area contributed by atoms with Crippen LogP contribution in [0.3, 0.4) is 0 Å². The molecule has 2 heterocycles. The molecular weight excluding hydrogens is 541 g/mol. The number of aliphatic hydroxyl groups is 1. The molecule has 5 atom stereocenters. The Balaban J connectivity index is 0.000000195. The maximum absolute atomic E-state index is 12.7. The summed E-state index contributed by atoms with van der Waals surface area (Å²) in [5.74, 6) is -0.137. The van der Waals surface area contributed by atoms with Crippen LogP contribution in [0, 0.1) is 16.0 Å². The number of methoxy groups -OCH3 is 1. The molecule has 39 heavy (non-hydrogen) atoms. The molecule has 0 saturated carbocycles. The van der Waals surface area contributed by atoms with Crippen LogP contribution in [0.15, 0.2) is 72.8 Å². The number of nitrogens with zero attached hydrogens (tertiary/aromatic N) is 2. The molecule has 3 aromatic carbocycles. The molecule has 3 aromatic rings. The van der Waals surface area contributed by atoms with E-state index in [1.165, 1.54) is 0 Å². The molecule has 206 valence electrons. The first-order valence-electron chi connectivity index (χ1n) is 12.7. The van der Waals surface area contributed by atoms with Crippen molar-refractivity contribution < 1.29 is 19.6 Å². The molecule has 5 rings (SSSR count). The fourth-order valence-electron chi connectivity index (χ4n) is 5.34. The van der Waals surface area contributed by atoms with Gasteiger partial charge in [-0.2, -0.15) is 0 Å². The van der Waals surface area contributed by atoms with Crippen molar-refractivity contribution >= 4 is 29.1 Å². The molecule has 0 aliphatic carbocycles. The van der Waals surface area contributed by atoms with Gasteiger partial charge in [0, 0.05) is 52.2 Å². The van der Waals surface area contributed by atoms with Gasteiger partial charge in [-0.3, -0.25) is 14.9 Å². The van der Waals surface area contributed by atoms with Gasteiger partial charge in [0.05, 0.1) is 18.1 Å². The summed E-state index contributed by atoms with van der Waals surface area (Å²) in [5, 5.41) is 25.8. The zero-order chi connectivity index (χ0) is 28.1. The van der Waals surface area contributed by atoms with Crippen LogP contribution >= 0.6 is 23.2 Å². The van der Waals surface area contributed by atoms with Crippen molar-refractivity contribution in [2.45, 2.75) is 31.2 Å². The van der Waals surface area contributed by atoms with Crippen LogP contribution < -0.4 is 5.32 Å². The Bertz CT molecular complexity index is 1290. The zero-order valence-electron chi connectivity index (χ0n) is 21.7. The Kier molecular flexibility index (Phi) is 9.58. The second kappa shape index (κ2) is 12.9. The van der Waals surface area contributed by atoms with E-state index in [9.17, 15) is 20.0 Å². The zero-order valence-corrected chi connectivity index (χ0v) is 23.2. The van der Waals surface area contributed by atoms with Gasteiger partial charge in [-0.05, 0) is 41.5 Å². The number of hydrogen-bond donors (Lipinski definition) is 2. The predicted octanol–water partition coefficient (Wildman–Crippen LogP) is 5.48. The van der Waals surface area contributed by atoms with Crippen molar-refractivity contribution in [2.24, 2.45) is 5.92 Å². The lowest BCUT2D eigenvalue weighted by Gasteiger charge is -2.31. The van der Waals surface area contributed by atoms with Gasteiger partial charge >= 0.3 is 0 Å². The molecule has 2 aliphatic heterocycles. The molecule has 0 aromatic heterocycles. The SMILES string of the molecule is CO[C@@H](c1ccc(Cl)cc1)[C@H](C)C[N+](=O)[O-].O=C1c2ccccc2C(O)N1[C@@H]1CNC[C@H]1c1ccc(Cl)cc1. The summed E-state index contributed by atoms with van der Waals surface area (Å²) < 4.78 is 5.29. The number of nitrogens with one attached hydrogen (secondary N) is 1. The molecule has 1 fully saturated rings. The summed E-state index contributed by atoms with van der Waals surface area (Å²) >= 11 is 11.7. The van der Waals surface area contributed by atoms with Crippen LogP contribution in [0.5, 0.6) is 0 Å². The second-order valence-electron chi connectivity index (χ2n) is 9.76. The number of carbonyl (C=O) groups excluding carboxylic acids is 1. The lowest BCUT2D eigenvalue weighted by molar-refractivity contribution is -0.490. The quantitative estimate of drug-likeness (QED) is 0.287. The third-order valence-electron chi connectivity index (χ3n) is 7.21. The van der Waals surface area contributed by atoms with Gasteiger partial charge in [-0.15, -0.1) is 0 Å². The highest BCUT2D eigenvalue weighted by Crippen LogP contribution is 2.38. The van der Waals surface area contributed by atoms with E-state index in [0.717, 1.165) is 17.7 Å². The smallest absolute Gasteiger partial charge is 0.256 e. The van der Waals surface area contributed by atoms with Crippen molar-refractivity contribution in [3.8, 4) is 0 Å². The number of nitro groups is 1. The van der Waals surface area contributed by atoms with Crippen LogP contribution in [0.25, 0.3) is 0 Å². The topological polar surface area (TPSA) is 105 Å². The standard InChI is InChI=1S/C18H17ClN2O2.C11H14ClNO3/c19-12-7-5-11(6-8-12)15-9-20-10-16(15)21-17(22)13-3-1-2-4-14(13)18(21)23;1-8(7-13(14)15)11(16-2)9-3-5-10(12)6-4-9/h1-8,15-17,20,22H,9-10H2;3-6,8,11H,7H2,1-2H3/t15-,16+,17?;8-,11-/m01/s1. The fourth-order valence-corrected chi connectivity index (χ4v) is 5.59. The highest BCUT2D eigenvalue weighted by molar-refractivity contribution is 6.30. The first kappa shape index (κ1) is 29.0. The Morgan fingerprint density at radius 3 is 2.26 bits per heavy atom. The number of hydrogen-bond acceptors (Lipinski definition) is 6. The van der Waals surface area contributed by atoms with E-state index >= 15 is 0 Å². The monoisotopic (exact) mass is 571 g/mol. The van der Waals surface area contributed by atoms with E-state index in [2.05, 4.69) is 5.32 Å². The van der Waals surface area contributed by atoms with E-state index in [1.807, 2.05) is 54.6 Å². The number of ether oxygens (including phenoxy) is 1. The van der Waals surface area contributed by atoms with Crippen LogP contribution in [-0.4, -0.2) is 53.6 Å². The number of halogens is 2. The molecule has 0 bridgehead atoms. The largest absolute Gasteiger partial charge is 0.376 e. The number of rotatable bonds is 7. The number of carbonyl (C=O) groups is 1. The highest BCUT2D eigenvalue weighted by Gasteiger charge is 2.44. The minimum atomic E-state index is -0.876. The van der Waals surface area contributed by atoms with Gasteiger partial charge in [0.2, 0.25) is 6.54 Å². The Morgan fingerprint density at radius 1 is 1.05 bits per heavy atom. The summed E-state index contributed by atoms with van der Waals surface area (Å²) in [7, 11) is 1.55. The number of fused-ring (bicyclic) bond motifs is 1. The summed E-state index contributed by atoms with van der Waals surface area (Å²) in [4.78, 5) is 24.5. The first-order valence-corrected chi connectivity index (χ1v) is 13.4. The molecule has 10 heteroatoms. The van der Waals surface area contributed by atoms with E-state index in [0.29, 0.717) is 27.7 Å². The number of benzene rings is 3. The molecule has 0 radical (unpaired) electrons. The van der Waals surface area contributed by atoms with Crippen molar-refractivity contribution in [3.63, 3.8) is 0 Å². The van der Waals surface area contributed by atoms with E-state index in [1.54, 1.807) is 37.1 Å².